The number of benzene rings is 3. The van der Waals surface area contributed by atoms with Crippen molar-refractivity contribution in [3.63, 3.8) is 0 Å². The number of carboxylic acid groups (broad SMARTS) is 1. The van der Waals surface area contributed by atoms with Crippen molar-refractivity contribution in [2.24, 2.45) is 5.18 Å². The van der Waals surface area contributed by atoms with Gasteiger partial charge in [-0.1, -0.05) is 53.4 Å². The van der Waals surface area contributed by atoms with Crippen molar-refractivity contribution < 1.29 is 23.8 Å². The van der Waals surface area contributed by atoms with Gasteiger partial charge in [0.05, 0.1) is 6.61 Å². The molecule has 0 bridgehead atoms. The van der Waals surface area contributed by atoms with Crippen LogP contribution in [0.25, 0.3) is 0 Å². The average Bonchev–Trinajstić information content (AvgIpc) is 2.87. The number of halogens is 1. The Hall–Kier alpha value is -4.02. The molecule has 1 unspecified atom stereocenters. The Bertz CT molecular complexity index is 1170. The first-order valence-electron chi connectivity index (χ1n) is 11.1. The first-order valence-corrected chi connectivity index (χ1v) is 11.1. The van der Waals surface area contributed by atoms with Crippen LogP contribution >= 0.6 is 0 Å². The van der Waals surface area contributed by atoms with Crippen molar-refractivity contribution in [2.45, 2.75) is 31.4 Å². The summed E-state index contributed by atoms with van der Waals surface area (Å²) in [4.78, 5) is 22.4. The summed E-state index contributed by atoms with van der Waals surface area (Å²) in [5, 5.41) is 12.2. The van der Waals surface area contributed by atoms with Gasteiger partial charge >= 0.3 is 5.97 Å². The topological polar surface area (TPSA) is 85.2 Å². The van der Waals surface area contributed by atoms with Crippen LogP contribution in [0.4, 0.5) is 4.39 Å². The third kappa shape index (κ3) is 7.76. The Balaban J connectivity index is 1.43. The van der Waals surface area contributed by atoms with Gasteiger partial charge in [0, 0.05) is 25.5 Å². The minimum Gasteiger partial charge on any atom is -0.494 e. The lowest BCUT2D eigenvalue weighted by Gasteiger charge is -2.11. The number of aliphatic carboxylic acids is 1. The van der Waals surface area contributed by atoms with E-state index in [0.717, 1.165) is 17.5 Å². The highest BCUT2D eigenvalue weighted by molar-refractivity contribution is 5.72. The van der Waals surface area contributed by atoms with Gasteiger partial charge in [-0.05, 0) is 59.5 Å². The summed E-state index contributed by atoms with van der Waals surface area (Å²) >= 11 is 0. The Morgan fingerprint density at radius 1 is 1.00 bits per heavy atom. The number of unbranched alkanes of at least 4 members (excludes halogenated alkanes) is 1. The van der Waals surface area contributed by atoms with E-state index in [4.69, 9.17) is 14.6 Å². The predicted octanol–water partition coefficient (Wildman–Crippen LogP) is 5.53. The largest absolute Gasteiger partial charge is 0.494 e. The fourth-order valence-electron chi connectivity index (χ4n) is 3.43. The zero-order chi connectivity index (χ0) is 25.0. The minimum atomic E-state index is -0.985. The van der Waals surface area contributed by atoms with Gasteiger partial charge in [0.1, 0.15) is 17.6 Å². The lowest BCUT2D eigenvalue weighted by Crippen LogP contribution is -2.24. The highest BCUT2D eigenvalue weighted by Gasteiger charge is 2.16. The number of hydrogen-bond donors (Lipinski definition) is 1. The van der Waals surface area contributed by atoms with Gasteiger partial charge in [0.25, 0.3) is 0 Å². The second-order valence-electron chi connectivity index (χ2n) is 7.85. The highest BCUT2D eigenvalue weighted by Crippen LogP contribution is 2.27. The first-order chi connectivity index (χ1) is 17.0. The van der Waals surface area contributed by atoms with E-state index >= 15 is 0 Å². The van der Waals surface area contributed by atoms with Crippen LogP contribution in [0.2, 0.25) is 0 Å². The summed E-state index contributed by atoms with van der Waals surface area (Å²) in [5.41, 5.74) is 3.06. The molecule has 0 heterocycles. The fourth-order valence-corrected chi connectivity index (χ4v) is 3.43. The monoisotopic (exact) mass is 475 g/mol. The fraction of sp³-hybridized carbons (Fsp3) is 0.250. The molecule has 180 valence electrons. The second kappa shape index (κ2) is 13.0. The van der Waals surface area contributed by atoms with E-state index in [0.29, 0.717) is 36.3 Å². The minimum absolute atomic E-state index is 0.302. The number of carbonyl (C=O) groups is 1. The number of carboxylic acids is 1. The molecular formula is C28H26FNO5. The third-order valence-corrected chi connectivity index (χ3v) is 5.37. The smallest absolute Gasteiger partial charge is 0.333 e. The van der Waals surface area contributed by atoms with E-state index in [1.165, 1.54) is 19.2 Å². The van der Waals surface area contributed by atoms with E-state index in [1.54, 1.807) is 36.4 Å². The molecule has 0 fully saturated rings. The molecular weight excluding hydrogens is 449 g/mol. The molecule has 2 atom stereocenters. The van der Waals surface area contributed by atoms with Crippen LogP contribution < -0.4 is 4.74 Å². The van der Waals surface area contributed by atoms with Gasteiger partial charge in [0.15, 0.2) is 6.10 Å². The van der Waals surface area contributed by atoms with Crippen LogP contribution in [0.3, 0.4) is 0 Å². The van der Waals surface area contributed by atoms with Crippen molar-refractivity contribution in [1.82, 2.24) is 0 Å². The maximum atomic E-state index is 13.1. The summed E-state index contributed by atoms with van der Waals surface area (Å²) in [5.74, 6) is 5.53. The van der Waals surface area contributed by atoms with Crippen molar-refractivity contribution in [2.75, 3.05) is 13.7 Å². The average molecular weight is 476 g/mol. The van der Waals surface area contributed by atoms with Gasteiger partial charge in [-0.25, -0.2) is 9.18 Å². The molecule has 0 amide bonds. The van der Waals surface area contributed by atoms with Crippen LogP contribution in [0, 0.1) is 22.6 Å². The maximum Gasteiger partial charge on any atom is 0.333 e. The summed E-state index contributed by atoms with van der Waals surface area (Å²) < 4.78 is 23.8. The molecule has 3 aromatic carbocycles. The number of methoxy groups -OCH3 is 1. The van der Waals surface area contributed by atoms with Gasteiger partial charge in [-0.3, -0.25) is 0 Å². The summed E-state index contributed by atoms with van der Waals surface area (Å²) in [6.07, 6.45) is 0.846. The standard InChI is InChI=1S/C28H26FNO5/c1-34-26(28(31)32)19-21-8-6-20(7-9-21)5-3-2-4-18-35-25-16-12-23(13-17-25)27(30-33)22-10-14-24(29)15-11-22/h6-17,26-27H,2,4,18-19H2,1H3,(H,31,32)/t26-,27?/m0/s1. The third-order valence-electron chi connectivity index (χ3n) is 5.37. The molecule has 0 aromatic heterocycles. The summed E-state index contributed by atoms with van der Waals surface area (Å²) in [7, 11) is 1.38. The number of rotatable bonds is 11. The Morgan fingerprint density at radius 3 is 2.20 bits per heavy atom. The number of nitroso groups, excluding NO2 is 1. The molecule has 3 rings (SSSR count). The van der Waals surface area contributed by atoms with E-state index < -0.39 is 18.1 Å². The van der Waals surface area contributed by atoms with Gasteiger partial charge in [0.2, 0.25) is 0 Å². The normalized spacial score (nSPS) is 12.2. The molecule has 7 heteroatoms. The van der Waals surface area contributed by atoms with Gasteiger partial charge < -0.3 is 14.6 Å². The van der Waals surface area contributed by atoms with Crippen LogP contribution in [0.5, 0.6) is 5.75 Å². The molecule has 0 saturated carbocycles. The Labute approximate surface area is 203 Å². The first kappa shape index (κ1) is 25.6. The van der Waals surface area contributed by atoms with E-state index in [2.05, 4.69) is 17.0 Å². The molecule has 0 aliphatic carbocycles. The van der Waals surface area contributed by atoms with Crippen molar-refractivity contribution in [3.05, 3.63) is 106 Å². The molecule has 0 aliphatic heterocycles. The molecule has 0 spiro atoms. The van der Waals surface area contributed by atoms with Crippen LogP contribution in [0.15, 0.2) is 78.0 Å². The van der Waals surface area contributed by atoms with Crippen LogP contribution in [-0.2, 0) is 16.0 Å². The molecule has 0 radical (unpaired) electrons. The van der Waals surface area contributed by atoms with Gasteiger partial charge in [-0.15, -0.1) is 4.91 Å². The zero-order valence-corrected chi connectivity index (χ0v) is 19.3. The van der Waals surface area contributed by atoms with Crippen LogP contribution in [-0.4, -0.2) is 30.9 Å². The molecule has 6 nitrogen and oxygen atoms in total. The Kier molecular flexibility index (Phi) is 9.52. The van der Waals surface area contributed by atoms with E-state index in [1.807, 2.05) is 24.3 Å². The van der Waals surface area contributed by atoms with Crippen molar-refractivity contribution in [3.8, 4) is 17.6 Å². The lowest BCUT2D eigenvalue weighted by atomic mass is 9.99. The summed E-state index contributed by atoms with van der Waals surface area (Å²) in [6, 6.07) is 19.6. The van der Waals surface area contributed by atoms with Crippen molar-refractivity contribution >= 4 is 5.97 Å². The summed E-state index contributed by atoms with van der Waals surface area (Å²) in [6.45, 7) is 0.494. The number of nitrogens with zero attached hydrogens (tertiary/aromatic N) is 1. The van der Waals surface area contributed by atoms with Crippen LogP contribution in [0.1, 0.15) is 41.1 Å². The second-order valence-corrected chi connectivity index (χ2v) is 7.85. The SMILES string of the molecule is CO[C@@H](Cc1ccc(C#CCCCOc2ccc(C(N=O)c3ccc(F)cc3)cc2)cc1)C(=O)O. The molecule has 35 heavy (non-hydrogen) atoms. The van der Waals surface area contributed by atoms with E-state index in [-0.39, 0.29) is 5.82 Å². The molecule has 1 N–H and O–H groups in total. The highest BCUT2D eigenvalue weighted by atomic mass is 19.1. The number of ether oxygens (including phenoxy) is 2. The molecule has 0 saturated heterocycles. The maximum absolute atomic E-state index is 13.1. The quantitative estimate of drug-likeness (QED) is 0.224. The lowest BCUT2D eigenvalue weighted by molar-refractivity contribution is -0.148. The zero-order valence-electron chi connectivity index (χ0n) is 19.3. The molecule has 0 aliphatic rings. The van der Waals surface area contributed by atoms with Gasteiger partial charge in [-0.2, -0.15) is 0 Å². The van der Waals surface area contributed by atoms with E-state index in [9.17, 15) is 14.1 Å². The number of hydrogen-bond acceptors (Lipinski definition) is 5. The predicted molar refractivity (Wildman–Crippen MR) is 131 cm³/mol. The molecule has 3 aromatic rings. The van der Waals surface area contributed by atoms with Crippen molar-refractivity contribution in [1.29, 1.82) is 0 Å². The Morgan fingerprint density at radius 2 is 1.63 bits per heavy atom.